The molecule has 0 saturated heterocycles. The maximum Gasteiger partial charge on any atom is 0.214 e. The molecule has 0 aliphatic rings. The molecule has 0 bridgehead atoms. The molecule has 1 aromatic heterocycles. The fourth-order valence-corrected chi connectivity index (χ4v) is 4.15. The van der Waals surface area contributed by atoms with Crippen LogP contribution in [0.4, 0.5) is 4.39 Å². The molecule has 0 spiro atoms. The number of benzene rings is 3. The lowest BCUT2D eigenvalue weighted by Crippen LogP contribution is -2.14. The number of para-hydroxylation sites is 1. The van der Waals surface area contributed by atoms with Crippen LogP contribution in [0.15, 0.2) is 66.9 Å². The van der Waals surface area contributed by atoms with Gasteiger partial charge in [-0.05, 0) is 42.3 Å². The van der Waals surface area contributed by atoms with Crippen LogP contribution in [0.2, 0.25) is 5.02 Å². The highest BCUT2D eigenvalue weighted by atomic mass is 35.5. The number of nitro groups is 1. The summed E-state index contributed by atoms with van der Waals surface area (Å²) in [5, 5.41) is 12.7. The lowest BCUT2D eigenvalue weighted by Gasteiger charge is -2.19. The summed E-state index contributed by atoms with van der Waals surface area (Å²) in [6.45, 7) is 1.80. The molecule has 0 radical (unpaired) electrons. The molecule has 33 heavy (non-hydrogen) atoms. The van der Waals surface area contributed by atoms with Crippen LogP contribution in [-0.2, 0) is 6.61 Å². The maximum atomic E-state index is 14.0. The van der Waals surface area contributed by atoms with Crippen molar-refractivity contribution >= 4 is 22.5 Å². The van der Waals surface area contributed by atoms with Crippen molar-refractivity contribution in [2.45, 2.75) is 19.4 Å². The number of nitrogens with zero attached hydrogens (tertiary/aromatic N) is 1. The largest absolute Gasteiger partial charge is 0.490 e. The van der Waals surface area contributed by atoms with E-state index in [0.29, 0.717) is 23.5 Å². The molecular weight excluding hydrogens is 447 g/mol. The predicted octanol–water partition coefficient (Wildman–Crippen LogP) is 6.35. The third-order valence-electron chi connectivity index (χ3n) is 5.39. The van der Waals surface area contributed by atoms with Gasteiger partial charge < -0.3 is 14.5 Å². The molecule has 0 fully saturated rings. The van der Waals surface area contributed by atoms with Gasteiger partial charge in [0.1, 0.15) is 12.4 Å². The maximum absolute atomic E-state index is 14.0. The quantitative estimate of drug-likeness (QED) is 0.229. The van der Waals surface area contributed by atoms with Gasteiger partial charge in [-0.25, -0.2) is 4.39 Å². The van der Waals surface area contributed by atoms with E-state index in [-0.39, 0.29) is 34.7 Å². The van der Waals surface area contributed by atoms with Crippen LogP contribution in [0.3, 0.4) is 0 Å². The predicted molar refractivity (Wildman–Crippen MR) is 125 cm³/mol. The van der Waals surface area contributed by atoms with Crippen molar-refractivity contribution in [3.63, 3.8) is 0 Å². The zero-order valence-corrected chi connectivity index (χ0v) is 18.6. The first-order valence-corrected chi connectivity index (χ1v) is 10.9. The van der Waals surface area contributed by atoms with Crippen LogP contribution in [-0.4, -0.2) is 23.1 Å². The highest BCUT2D eigenvalue weighted by Crippen LogP contribution is 2.41. The third kappa shape index (κ3) is 4.93. The van der Waals surface area contributed by atoms with E-state index in [1.54, 1.807) is 36.5 Å². The van der Waals surface area contributed by atoms with Gasteiger partial charge in [-0.3, -0.25) is 10.1 Å². The zero-order valence-electron chi connectivity index (χ0n) is 17.9. The van der Waals surface area contributed by atoms with E-state index in [1.807, 2.05) is 31.2 Å². The molecule has 3 aromatic carbocycles. The molecule has 0 amide bonds. The number of rotatable bonds is 9. The number of fused-ring (bicyclic) bond motifs is 1. The van der Waals surface area contributed by atoms with Gasteiger partial charge in [0, 0.05) is 27.6 Å². The van der Waals surface area contributed by atoms with Crippen molar-refractivity contribution in [2.24, 2.45) is 0 Å². The van der Waals surface area contributed by atoms with Gasteiger partial charge in [0.25, 0.3) is 0 Å². The van der Waals surface area contributed by atoms with E-state index >= 15 is 0 Å². The van der Waals surface area contributed by atoms with Gasteiger partial charge >= 0.3 is 0 Å². The number of aromatic nitrogens is 1. The molecule has 1 heterocycles. The van der Waals surface area contributed by atoms with Crippen LogP contribution >= 0.6 is 11.6 Å². The Kier molecular flexibility index (Phi) is 6.79. The number of ether oxygens (including phenoxy) is 2. The van der Waals surface area contributed by atoms with E-state index in [1.165, 1.54) is 6.07 Å². The van der Waals surface area contributed by atoms with Crippen LogP contribution in [0, 0.1) is 15.9 Å². The molecular formula is C25H22ClFN2O4. The summed E-state index contributed by atoms with van der Waals surface area (Å²) in [5.74, 6) is -0.323. The monoisotopic (exact) mass is 468 g/mol. The second-order valence-electron chi connectivity index (χ2n) is 7.50. The smallest absolute Gasteiger partial charge is 0.214 e. The number of halogens is 2. The number of hydrogen-bond acceptors (Lipinski definition) is 4. The second-order valence-corrected chi connectivity index (χ2v) is 7.91. The van der Waals surface area contributed by atoms with E-state index in [0.717, 1.165) is 16.5 Å². The van der Waals surface area contributed by atoms with Gasteiger partial charge in [0.15, 0.2) is 11.5 Å². The molecule has 1 N–H and O–H groups in total. The molecule has 0 aliphatic carbocycles. The van der Waals surface area contributed by atoms with Crippen LogP contribution in [0.1, 0.15) is 29.5 Å². The number of nitrogens with one attached hydrogen (secondary N) is 1. The highest BCUT2D eigenvalue weighted by molar-refractivity contribution is 6.32. The summed E-state index contributed by atoms with van der Waals surface area (Å²) < 4.78 is 25.6. The molecule has 0 saturated carbocycles. The summed E-state index contributed by atoms with van der Waals surface area (Å²) in [6, 6.07) is 17.3. The Labute approximate surface area is 195 Å². The van der Waals surface area contributed by atoms with E-state index < -0.39 is 5.92 Å². The van der Waals surface area contributed by atoms with E-state index in [9.17, 15) is 14.5 Å². The van der Waals surface area contributed by atoms with Crippen LogP contribution in [0.25, 0.3) is 10.9 Å². The van der Waals surface area contributed by atoms with Crippen molar-refractivity contribution in [1.82, 2.24) is 4.98 Å². The minimum Gasteiger partial charge on any atom is -0.490 e. The Hall–Kier alpha value is -3.58. The average Bonchev–Trinajstić information content (AvgIpc) is 3.22. The van der Waals surface area contributed by atoms with Crippen LogP contribution < -0.4 is 9.47 Å². The van der Waals surface area contributed by atoms with Gasteiger partial charge in [-0.2, -0.15) is 0 Å². The third-order valence-corrected chi connectivity index (χ3v) is 5.67. The summed E-state index contributed by atoms with van der Waals surface area (Å²) >= 11 is 6.56. The molecule has 4 aromatic rings. The Morgan fingerprint density at radius 3 is 2.64 bits per heavy atom. The van der Waals surface area contributed by atoms with Crippen molar-refractivity contribution in [3.05, 3.63) is 105 Å². The molecule has 0 unspecified atom stereocenters. The molecule has 4 rings (SSSR count). The summed E-state index contributed by atoms with van der Waals surface area (Å²) in [4.78, 5) is 14.4. The van der Waals surface area contributed by atoms with Crippen molar-refractivity contribution in [3.8, 4) is 11.5 Å². The summed E-state index contributed by atoms with van der Waals surface area (Å²) in [7, 11) is 0. The van der Waals surface area contributed by atoms with Crippen molar-refractivity contribution in [1.29, 1.82) is 0 Å². The minimum absolute atomic E-state index is 0.0351. The Morgan fingerprint density at radius 1 is 1.12 bits per heavy atom. The molecule has 8 heteroatoms. The van der Waals surface area contributed by atoms with Gasteiger partial charge in [0.2, 0.25) is 6.54 Å². The number of hydrogen-bond donors (Lipinski definition) is 1. The first kappa shape index (κ1) is 22.6. The van der Waals surface area contributed by atoms with E-state index in [2.05, 4.69) is 4.98 Å². The molecule has 6 nitrogen and oxygen atoms in total. The van der Waals surface area contributed by atoms with Crippen molar-refractivity contribution in [2.75, 3.05) is 13.2 Å². The average molecular weight is 469 g/mol. The highest BCUT2D eigenvalue weighted by Gasteiger charge is 2.26. The lowest BCUT2D eigenvalue weighted by atomic mass is 9.90. The lowest BCUT2D eigenvalue weighted by molar-refractivity contribution is -0.481. The SMILES string of the molecule is CCOc1cc([C@@H](C[N+](=O)[O-])c2c[nH]c3ccccc23)cc(Cl)c1OCc1ccccc1F. The number of aromatic amines is 1. The topological polar surface area (TPSA) is 77.4 Å². The fraction of sp³-hybridized carbons (Fsp3) is 0.200. The minimum atomic E-state index is -0.562. The Morgan fingerprint density at radius 2 is 1.88 bits per heavy atom. The first-order chi connectivity index (χ1) is 16.0. The first-order valence-electron chi connectivity index (χ1n) is 10.5. The number of H-pyrrole nitrogens is 1. The Balaban J connectivity index is 1.74. The van der Waals surface area contributed by atoms with E-state index in [4.69, 9.17) is 21.1 Å². The molecule has 0 aliphatic heterocycles. The normalized spacial score (nSPS) is 12.0. The standard InChI is InChI=1S/C25H22ClFN2O4/c1-2-32-24-12-17(11-21(26)25(24)33-15-16-7-3-5-9-22(16)27)20(14-29(30)31)19-13-28-23-10-6-4-8-18(19)23/h3-13,20,28H,2,14-15H2,1H3/t20-/m1/s1. The second kappa shape index (κ2) is 9.92. The van der Waals surface area contributed by atoms with Crippen LogP contribution in [0.5, 0.6) is 11.5 Å². The molecule has 170 valence electrons. The van der Waals surface area contributed by atoms with Crippen molar-refractivity contribution < 1.29 is 18.8 Å². The summed E-state index contributed by atoms with van der Waals surface area (Å²) in [6.07, 6.45) is 1.79. The van der Waals surface area contributed by atoms with Gasteiger partial charge in [-0.1, -0.05) is 48.0 Å². The van der Waals surface area contributed by atoms with Gasteiger partial charge in [0.05, 0.1) is 17.5 Å². The summed E-state index contributed by atoms with van der Waals surface area (Å²) in [5.41, 5.74) is 2.69. The molecule has 1 atom stereocenters. The zero-order chi connectivity index (χ0) is 23.4. The fourth-order valence-electron chi connectivity index (χ4n) is 3.87. The Bertz CT molecular complexity index is 1290. The van der Waals surface area contributed by atoms with Gasteiger partial charge in [-0.15, -0.1) is 0 Å².